The number of aromatic nitrogens is 1. The molecule has 0 atom stereocenters. The Morgan fingerprint density at radius 3 is 2.49 bits per heavy atom. The largest absolute Gasteiger partial charge is 0.497 e. The number of hydrogen-bond acceptors (Lipinski definition) is 9. The van der Waals surface area contributed by atoms with E-state index in [4.69, 9.17) is 14.2 Å². The minimum absolute atomic E-state index is 0. The molecule has 1 aliphatic rings. The van der Waals surface area contributed by atoms with Gasteiger partial charge in [0.25, 0.3) is 5.91 Å². The Kier molecular flexibility index (Phi) is 9.31. The molecule has 2 aromatic carbocycles. The van der Waals surface area contributed by atoms with Gasteiger partial charge in [0.1, 0.15) is 11.5 Å². The zero-order valence-electron chi connectivity index (χ0n) is 19.5. The summed E-state index contributed by atoms with van der Waals surface area (Å²) in [5.41, 5.74) is 0.646. The van der Waals surface area contributed by atoms with E-state index in [2.05, 4.69) is 9.88 Å². The summed E-state index contributed by atoms with van der Waals surface area (Å²) < 4.78 is 40.9. The summed E-state index contributed by atoms with van der Waals surface area (Å²) in [6.45, 7) is 3.91. The molecule has 35 heavy (non-hydrogen) atoms. The summed E-state index contributed by atoms with van der Waals surface area (Å²) in [4.78, 5) is 21.9. The lowest BCUT2D eigenvalue weighted by molar-refractivity contribution is -0.120. The molecule has 190 valence electrons. The Hall–Kier alpha value is -2.44. The smallest absolute Gasteiger partial charge is 0.266 e. The van der Waals surface area contributed by atoms with E-state index in [1.807, 2.05) is 0 Å². The molecule has 1 aliphatic heterocycles. The van der Waals surface area contributed by atoms with Crippen LogP contribution in [0.3, 0.4) is 0 Å². The molecule has 3 aromatic rings. The van der Waals surface area contributed by atoms with Crippen LogP contribution in [0.2, 0.25) is 0 Å². The fourth-order valence-corrected chi connectivity index (χ4v) is 5.30. The van der Waals surface area contributed by atoms with E-state index >= 15 is 0 Å². The molecule has 0 spiro atoms. The number of carbonyl (C=O) groups is 1. The van der Waals surface area contributed by atoms with Gasteiger partial charge in [-0.05, 0) is 42.5 Å². The number of amides is 1. The van der Waals surface area contributed by atoms with Crippen molar-refractivity contribution in [1.29, 1.82) is 0 Å². The number of fused-ring (bicyclic) bond motifs is 1. The maximum absolute atomic E-state index is 13.2. The van der Waals surface area contributed by atoms with Crippen molar-refractivity contribution in [1.82, 2.24) is 9.88 Å². The lowest BCUT2D eigenvalue weighted by atomic mass is 10.3. The summed E-state index contributed by atoms with van der Waals surface area (Å²) in [6, 6.07) is 11.8. The fourth-order valence-electron chi connectivity index (χ4n) is 3.53. The van der Waals surface area contributed by atoms with Crippen LogP contribution in [0, 0.1) is 0 Å². The topological polar surface area (TPSA) is 98.3 Å². The van der Waals surface area contributed by atoms with E-state index in [0.29, 0.717) is 53.2 Å². The number of sulfone groups is 1. The maximum atomic E-state index is 13.2. The number of rotatable bonds is 9. The molecule has 0 radical (unpaired) electrons. The summed E-state index contributed by atoms with van der Waals surface area (Å²) in [5, 5.41) is 0.511. The van der Waals surface area contributed by atoms with E-state index < -0.39 is 9.84 Å². The van der Waals surface area contributed by atoms with E-state index in [9.17, 15) is 13.2 Å². The Bertz CT molecular complexity index is 1240. The van der Waals surface area contributed by atoms with Gasteiger partial charge in [-0.1, -0.05) is 11.3 Å². The third-order valence-corrected chi connectivity index (χ3v) is 7.63. The highest BCUT2D eigenvalue weighted by Gasteiger charge is 2.23. The first-order valence-electron chi connectivity index (χ1n) is 10.8. The molecule has 0 N–H and O–H groups in total. The van der Waals surface area contributed by atoms with Crippen molar-refractivity contribution in [3.8, 4) is 11.5 Å². The standard InChI is InChI=1S/C23H27N3O6S2.ClH/c1-30-17-3-5-18(6-4-17)32-16-22(27)26(10-9-25-11-13-31-14-12-25)23-24-20-8-7-19(34(2,28)29)15-21(20)33-23;/h3-8,15H,9-14,16H2,1-2H3;1H. The first kappa shape index (κ1) is 27.2. The molecule has 1 fully saturated rings. The normalized spacial score (nSPS) is 14.3. The molecule has 1 saturated heterocycles. The van der Waals surface area contributed by atoms with Crippen LogP contribution < -0.4 is 14.4 Å². The highest BCUT2D eigenvalue weighted by molar-refractivity contribution is 7.90. The third-order valence-electron chi connectivity index (χ3n) is 5.47. The number of morpholine rings is 1. The number of halogens is 1. The van der Waals surface area contributed by atoms with E-state index in [1.54, 1.807) is 48.4 Å². The number of carbonyl (C=O) groups excluding carboxylic acids is 1. The monoisotopic (exact) mass is 541 g/mol. The Morgan fingerprint density at radius 2 is 1.83 bits per heavy atom. The van der Waals surface area contributed by atoms with Gasteiger partial charge in [-0.3, -0.25) is 14.6 Å². The Morgan fingerprint density at radius 1 is 1.14 bits per heavy atom. The van der Waals surface area contributed by atoms with Crippen molar-refractivity contribution in [3.05, 3.63) is 42.5 Å². The second-order valence-electron chi connectivity index (χ2n) is 7.86. The lowest BCUT2D eigenvalue weighted by Crippen LogP contribution is -2.44. The predicted molar refractivity (Wildman–Crippen MR) is 138 cm³/mol. The van der Waals surface area contributed by atoms with Crippen LogP contribution in [0.1, 0.15) is 0 Å². The quantitative estimate of drug-likeness (QED) is 0.408. The number of benzene rings is 2. The Labute approximate surface area is 214 Å². The van der Waals surface area contributed by atoms with Gasteiger partial charge < -0.3 is 14.2 Å². The second kappa shape index (κ2) is 12.0. The summed E-state index contributed by atoms with van der Waals surface area (Å²) in [7, 11) is -1.75. The highest BCUT2D eigenvalue weighted by Crippen LogP contribution is 2.31. The van der Waals surface area contributed by atoms with Crippen molar-refractivity contribution < 1.29 is 27.4 Å². The first-order valence-corrected chi connectivity index (χ1v) is 13.5. The molecular formula is C23H28ClN3O6S2. The van der Waals surface area contributed by atoms with Crippen LogP contribution in [0.5, 0.6) is 11.5 Å². The number of methoxy groups -OCH3 is 1. The van der Waals surface area contributed by atoms with Crippen LogP contribution in [0.15, 0.2) is 47.4 Å². The molecule has 0 saturated carbocycles. The zero-order valence-corrected chi connectivity index (χ0v) is 22.0. The van der Waals surface area contributed by atoms with Crippen LogP contribution in [-0.2, 0) is 19.4 Å². The van der Waals surface area contributed by atoms with Crippen molar-refractivity contribution in [2.75, 3.05) is 64.3 Å². The minimum atomic E-state index is -3.34. The van der Waals surface area contributed by atoms with E-state index in [1.165, 1.54) is 23.7 Å². The van der Waals surface area contributed by atoms with Gasteiger partial charge in [-0.15, -0.1) is 12.4 Å². The zero-order chi connectivity index (χ0) is 24.1. The van der Waals surface area contributed by atoms with Gasteiger partial charge >= 0.3 is 0 Å². The number of nitrogens with zero attached hydrogens (tertiary/aromatic N) is 3. The average Bonchev–Trinajstić information content (AvgIpc) is 3.26. The number of hydrogen-bond donors (Lipinski definition) is 0. The second-order valence-corrected chi connectivity index (χ2v) is 10.9. The highest BCUT2D eigenvalue weighted by atomic mass is 35.5. The SMILES string of the molecule is COc1ccc(OCC(=O)N(CCN2CCOCC2)c2nc3ccc(S(C)(=O)=O)cc3s2)cc1.Cl. The third kappa shape index (κ3) is 7.05. The van der Waals surface area contributed by atoms with E-state index in [0.717, 1.165) is 13.1 Å². The average molecular weight is 542 g/mol. The molecular weight excluding hydrogens is 514 g/mol. The molecule has 12 heteroatoms. The summed E-state index contributed by atoms with van der Waals surface area (Å²) in [5.74, 6) is 1.03. The maximum Gasteiger partial charge on any atom is 0.266 e. The molecule has 0 bridgehead atoms. The number of ether oxygens (including phenoxy) is 3. The van der Waals surface area contributed by atoms with Gasteiger partial charge in [-0.2, -0.15) is 0 Å². The van der Waals surface area contributed by atoms with Crippen molar-refractivity contribution in [2.45, 2.75) is 4.90 Å². The summed E-state index contributed by atoms with van der Waals surface area (Å²) >= 11 is 1.29. The molecule has 1 aromatic heterocycles. The van der Waals surface area contributed by atoms with Gasteiger partial charge in [0.15, 0.2) is 21.6 Å². The number of thiazole rings is 1. The van der Waals surface area contributed by atoms with Crippen molar-refractivity contribution in [3.63, 3.8) is 0 Å². The van der Waals surface area contributed by atoms with Crippen molar-refractivity contribution in [2.24, 2.45) is 0 Å². The fraction of sp³-hybridized carbons (Fsp3) is 0.391. The van der Waals surface area contributed by atoms with Gasteiger partial charge in [-0.25, -0.2) is 13.4 Å². The molecule has 0 aliphatic carbocycles. The van der Waals surface area contributed by atoms with Crippen LogP contribution in [0.25, 0.3) is 10.2 Å². The van der Waals surface area contributed by atoms with Gasteiger partial charge in [0.05, 0.1) is 35.4 Å². The lowest BCUT2D eigenvalue weighted by Gasteiger charge is -2.29. The molecule has 4 rings (SSSR count). The predicted octanol–water partition coefficient (Wildman–Crippen LogP) is 2.87. The first-order chi connectivity index (χ1) is 16.3. The molecule has 0 unspecified atom stereocenters. The Balaban J connectivity index is 0.00000342. The van der Waals surface area contributed by atoms with Gasteiger partial charge in [0, 0.05) is 32.4 Å². The van der Waals surface area contributed by atoms with Crippen LogP contribution in [0.4, 0.5) is 5.13 Å². The van der Waals surface area contributed by atoms with E-state index in [-0.39, 0.29) is 29.8 Å². The molecule has 9 nitrogen and oxygen atoms in total. The van der Waals surface area contributed by atoms with Gasteiger partial charge in [0.2, 0.25) is 0 Å². The van der Waals surface area contributed by atoms with Crippen LogP contribution >= 0.6 is 23.7 Å². The minimum Gasteiger partial charge on any atom is -0.497 e. The van der Waals surface area contributed by atoms with Crippen LogP contribution in [-0.4, -0.2) is 83.6 Å². The van der Waals surface area contributed by atoms with Crippen molar-refractivity contribution >= 4 is 54.8 Å². The molecule has 1 amide bonds. The summed E-state index contributed by atoms with van der Waals surface area (Å²) in [6.07, 6.45) is 1.17. The number of anilines is 1. The molecule has 2 heterocycles.